The van der Waals surface area contributed by atoms with Crippen LogP contribution in [0.1, 0.15) is 44.5 Å². The Kier molecular flexibility index (Phi) is 4.56. The second kappa shape index (κ2) is 6.08. The van der Waals surface area contributed by atoms with Gasteiger partial charge in [-0.15, -0.1) is 0 Å². The zero-order chi connectivity index (χ0) is 16.5. The van der Waals surface area contributed by atoms with E-state index in [0.29, 0.717) is 36.5 Å². The molecule has 0 saturated carbocycles. The normalized spacial score (nSPS) is 16.2. The zero-order valence-corrected chi connectivity index (χ0v) is 13.7. The van der Waals surface area contributed by atoms with Crippen LogP contribution in [0.4, 0.5) is 5.69 Å². The summed E-state index contributed by atoms with van der Waals surface area (Å²) in [6.07, 6.45) is 0.295. The lowest BCUT2D eigenvalue weighted by molar-refractivity contribution is -0.122. The number of hydrogen-bond acceptors (Lipinski definition) is 4. The lowest BCUT2D eigenvalue weighted by Gasteiger charge is -2.40. The number of hydrogen-bond donors (Lipinski definition) is 1. The van der Waals surface area contributed by atoms with Gasteiger partial charge in [0, 0.05) is 17.9 Å². The number of benzene rings is 1. The van der Waals surface area contributed by atoms with E-state index in [0.717, 1.165) is 0 Å². The maximum Gasteiger partial charge on any atom is 0.229 e. The lowest BCUT2D eigenvalue weighted by Crippen LogP contribution is -2.50. The molecule has 1 aromatic rings. The molecule has 0 unspecified atom stereocenters. The van der Waals surface area contributed by atoms with Crippen molar-refractivity contribution in [3.05, 3.63) is 23.8 Å². The van der Waals surface area contributed by atoms with E-state index in [4.69, 9.17) is 10.5 Å². The fourth-order valence-electron chi connectivity index (χ4n) is 2.57. The molecule has 1 amide bonds. The highest BCUT2D eigenvalue weighted by Gasteiger charge is 2.35. The summed E-state index contributed by atoms with van der Waals surface area (Å²) in [5.74, 6) is 0.521. The molecule has 1 aliphatic heterocycles. The summed E-state index contributed by atoms with van der Waals surface area (Å²) >= 11 is 0. The van der Waals surface area contributed by atoms with Crippen LogP contribution in [0, 0.1) is 5.92 Å². The summed E-state index contributed by atoms with van der Waals surface area (Å²) in [7, 11) is 0. The van der Waals surface area contributed by atoms with Gasteiger partial charge in [0.1, 0.15) is 11.4 Å². The number of rotatable bonds is 4. The molecule has 0 aromatic heterocycles. The number of ketones is 1. The van der Waals surface area contributed by atoms with Crippen molar-refractivity contribution in [2.75, 3.05) is 18.0 Å². The molecule has 1 heterocycles. The number of carbonyl (C=O) groups is 2. The molecule has 2 N–H and O–H groups in total. The Labute approximate surface area is 131 Å². The van der Waals surface area contributed by atoms with Gasteiger partial charge in [0.05, 0.1) is 12.2 Å². The van der Waals surface area contributed by atoms with E-state index in [9.17, 15) is 9.59 Å². The SMILES string of the molecule is CC(C)C(=O)N1CC(C)(C)Oc2ccc(C(=O)CCN)cc21. The molecule has 1 aliphatic rings. The van der Waals surface area contributed by atoms with Crippen molar-refractivity contribution in [2.24, 2.45) is 11.7 Å². The third kappa shape index (κ3) is 3.30. The highest BCUT2D eigenvalue weighted by Crippen LogP contribution is 2.38. The maximum absolute atomic E-state index is 12.5. The van der Waals surface area contributed by atoms with Crippen LogP contribution in [-0.2, 0) is 4.79 Å². The van der Waals surface area contributed by atoms with E-state index in [1.54, 1.807) is 23.1 Å². The summed E-state index contributed by atoms with van der Waals surface area (Å²) in [6, 6.07) is 5.24. The van der Waals surface area contributed by atoms with Crippen LogP contribution in [-0.4, -0.2) is 30.4 Å². The number of nitrogens with two attached hydrogens (primary N) is 1. The summed E-state index contributed by atoms with van der Waals surface area (Å²) in [4.78, 5) is 26.3. The molecule has 2 rings (SSSR count). The first-order valence-electron chi connectivity index (χ1n) is 7.63. The molecule has 0 saturated heterocycles. The van der Waals surface area contributed by atoms with E-state index < -0.39 is 5.60 Å². The molecule has 1 aromatic carbocycles. The van der Waals surface area contributed by atoms with Gasteiger partial charge in [0.25, 0.3) is 0 Å². The summed E-state index contributed by atoms with van der Waals surface area (Å²) in [5, 5.41) is 0. The van der Waals surface area contributed by atoms with Gasteiger partial charge in [-0.05, 0) is 38.6 Å². The minimum Gasteiger partial charge on any atom is -0.484 e. The van der Waals surface area contributed by atoms with Crippen LogP contribution in [0.3, 0.4) is 0 Å². The quantitative estimate of drug-likeness (QED) is 0.867. The van der Waals surface area contributed by atoms with E-state index in [1.807, 2.05) is 27.7 Å². The van der Waals surface area contributed by atoms with Gasteiger partial charge in [-0.2, -0.15) is 0 Å². The molecule has 0 radical (unpaired) electrons. The minimum atomic E-state index is -0.458. The Morgan fingerprint density at radius 3 is 2.64 bits per heavy atom. The molecule has 120 valence electrons. The van der Waals surface area contributed by atoms with Crippen molar-refractivity contribution in [3.8, 4) is 5.75 Å². The standard InChI is InChI=1S/C17H24N2O3/c1-11(2)16(21)19-10-17(3,4)22-15-6-5-12(9-13(15)19)14(20)7-8-18/h5-6,9,11H,7-8,10,18H2,1-4H3. The summed E-state index contributed by atoms with van der Waals surface area (Å²) in [5.41, 5.74) is 6.22. The predicted octanol–water partition coefficient (Wildman–Crippen LogP) is 2.38. The Morgan fingerprint density at radius 1 is 1.36 bits per heavy atom. The predicted molar refractivity (Wildman–Crippen MR) is 86.3 cm³/mol. The largest absolute Gasteiger partial charge is 0.484 e. The number of Topliss-reactive ketones (excluding diaryl/α,β-unsaturated/α-hetero) is 1. The lowest BCUT2D eigenvalue weighted by atomic mass is 10.0. The first kappa shape index (κ1) is 16.5. The Bertz CT molecular complexity index is 594. The molecule has 5 nitrogen and oxygen atoms in total. The monoisotopic (exact) mass is 304 g/mol. The molecule has 5 heteroatoms. The third-order valence-corrected chi connectivity index (χ3v) is 3.63. The number of ether oxygens (including phenoxy) is 1. The number of nitrogens with zero attached hydrogens (tertiary/aromatic N) is 1. The van der Waals surface area contributed by atoms with Crippen molar-refractivity contribution in [1.29, 1.82) is 0 Å². The van der Waals surface area contributed by atoms with Crippen molar-refractivity contribution in [1.82, 2.24) is 0 Å². The smallest absolute Gasteiger partial charge is 0.229 e. The van der Waals surface area contributed by atoms with Crippen LogP contribution in [0.15, 0.2) is 18.2 Å². The van der Waals surface area contributed by atoms with Crippen LogP contribution < -0.4 is 15.4 Å². The average Bonchev–Trinajstić information content (AvgIpc) is 2.44. The zero-order valence-electron chi connectivity index (χ0n) is 13.7. The fourth-order valence-corrected chi connectivity index (χ4v) is 2.57. The van der Waals surface area contributed by atoms with Gasteiger partial charge < -0.3 is 15.4 Å². The summed E-state index contributed by atoms with van der Waals surface area (Å²) < 4.78 is 5.94. The van der Waals surface area contributed by atoms with Crippen LogP contribution >= 0.6 is 0 Å². The van der Waals surface area contributed by atoms with Crippen molar-refractivity contribution in [3.63, 3.8) is 0 Å². The van der Waals surface area contributed by atoms with Crippen LogP contribution in [0.2, 0.25) is 0 Å². The molecule has 0 fully saturated rings. The van der Waals surface area contributed by atoms with Crippen molar-refractivity contribution in [2.45, 2.75) is 39.7 Å². The van der Waals surface area contributed by atoms with Gasteiger partial charge in [-0.25, -0.2) is 0 Å². The van der Waals surface area contributed by atoms with Crippen LogP contribution in [0.25, 0.3) is 0 Å². The van der Waals surface area contributed by atoms with E-state index >= 15 is 0 Å². The van der Waals surface area contributed by atoms with Gasteiger partial charge in [-0.1, -0.05) is 13.8 Å². The summed E-state index contributed by atoms with van der Waals surface area (Å²) in [6.45, 7) is 8.41. The number of amides is 1. The molecular weight excluding hydrogens is 280 g/mol. The number of anilines is 1. The molecule has 0 aliphatic carbocycles. The second-order valence-electron chi connectivity index (χ2n) is 6.59. The molecule has 0 atom stereocenters. The average molecular weight is 304 g/mol. The van der Waals surface area contributed by atoms with Gasteiger partial charge in [-0.3, -0.25) is 9.59 Å². The van der Waals surface area contributed by atoms with Gasteiger partial charge in [0.2, 0.25) is 5.91 Å². The highest BCUT2D eigenvalue weighted by molar-refractivity contribution is 6.01. The maximum atomic E-state index is 12.5. The number of carbonyl (C=O) groups excluding carboxylic acids is 2. The van der Waals surface area contributed by atoms with E-state index in [1.165, 1.54) is 0 Å². The second-order valence-corrected chi connectivity index (χ2v) is 6.59. The number of fused-ring (bicyclic) bond motifs is 1. The first-order chi connectivity index (χ1) is 10.2. The van der Waals surface area contributed by atoms with Gasteiger partial charge in [0.15, 0.2) is 5.78 Å². The molecular formula is C17H24N2O3. The molecule has 0 bridgehead atoms. The van der Waals surface area contributed by atoms with Crippen molar-refractivity contribution >= 4 is 17.4 Å². The van der Waals surface area contributed by atoms with E-state index in [-0.39, 0.29) is 17.6 Å². The Hall–Kier alpha value is -1.88. The van der Waals surface area contributed by atoms with Crippen molar-refractivity contribution < 1.29 is 14.3 Å². The Balaban J connectivity index is 2.45. The van der Waals surface area contributed by atoms with Crippen LogP contribution in [0.5, 0.6) is 5.75 Å². The van der Waals surface area contributed by atoms with Gasteiger partial charge >= 0.3 is 0 Å². The highest BCUT2D eigenvalue weighted by atomic mass is 16.5. The molecule has 0 spiro atoms. The van der Waals surface area contributed by atoms with E-state index in [2.05, 4.69) is 0 Å². The molecule has 22 heavy (non-hydrogen) atoms. The topological polar surface area (TPSA) is 72.6 Å². The first-order valence-corrected chi connectivity index (χ1v) is 7.63. The minimum absolute atomic E-state index is 0.0212. The fraction of sp³-hybridized carbons (Fsp3) is 0.529. The third-order valence-electron chi connectivity index (χ3n) is 3.63. The Morgan fingerprint density at radius 2 is 2.05 bits per heavy atom.